The third kappa shape index (κ3) is 4.44. The maximum absolute atomic E-state index is 13.2. The molecule has 8 nitrogen and oxygen atoms in total. The number of hydrogen-bond donors (Lipinski definition) is 1. The summed E-state index contributed by atoms with van der Waals surface area (Å²) in [5.41, 5.74) is -0.855. The minimum absolute atomic E-state index is 0.0402. The van der Waals surface area contributed by atoms with Crippen LogP contribution in [0.15, 0.2) is 24.0 Å². The van der Waals surface area contributed by atoms with Gasteiger partial charge < -0.3 is 19.3 Å². The third-order valence-corrected chi connectivity index (χ3v) is 4.84. The molecule has 0 radical (unpaired) electrons. The quantitative estimate of drug-likeness (QED) is 0.658. The normalized spacial score (nSPS) is 26.5. The number of carbonyl (C=O) groups excluding carboxylic acids is 3. The zero-order valence-corrected chi connectivity index (χ0v) is 17.0. The highest BCUT2D eigenvalue weighted by molar-refractivity contribution is 6.03. The molecule has 0 aromatic heterocycles. The molecule has 0 spiro atoms. The van der Waals surface area contributed by atoms with Crippen LogP contribution in [-0.2, 0) is 23.8 Å². The van der Waals surface area contributed by atoms with Crippen LogP contribution in [0.2, 0.25) is 0 Å². The number of allylic oxidation sites excluding steroid dienone is 2. The van der Waals surface area contributed by atoms with Gasteiger partial charge in [0.15, 0.2) is 18.0 Å². The van der Waals surface area contributed by atoms with E-state index in [1.54, 1.807) is 19.9 Å². The molecular formula is C20H29NO7. The lowest BCUT2D eigenvalue weighted by atomic mass is 9.88. The summed E-state index contributed by atoms with van der Waals surface area (Å²) in [5, 5.41) is 8.89. The summed E-state index contributed by atoms with van der Waals surface area (Å²) in [6.45, 7) is 7.32. The Balaban J connectivity index is 2.27. The van der Waals surface area contributed by atoms with Gasteiger partial charge in [0.2, 0.25) is 0 Å². The first-order valence-corrected chi connectivity index (χ1v) is 9.42. The van der Waals surface area contributed by atoms with Gasteiger partial charge in [-0.15, -0.1) is 0 Å². The van der Waals surface area contributed by atoms with Gasteiger partial charge in [0.05, 0.1) is 6.04 Å². The molecule has 156 valence electrons. The molecule has 28 heavy (non-hydrogen) atoms. The second kappa shape index (κ2) is 8.87. The summed E-state index contributed by atoms with van der Waals surface area (Å²) < 4.78 is 16.4. The van der Waals surface area contributed by atoms with E-state index in [1.165, 1.54) is 19.3 Å². The van der Waals surface area contributed by atoms with Crippen molar-refractivity contribution in [1.82, 2.24) is 4.90 Å². The average Bonchev–Trinajstić information content (AvgIpc) is 2.86. The Morgan fingerprint density at radius 1 is 1.36 bits per heavy atom. The highest BCUT2D eigenvalue weighted by atomic mass is 16.6. The van der Waals surface area contributed by atoms with E-state index >= 15 is 0 Å². The van der Waals surface area contributed by atoms with Crippen molar-refractivity contribution in [2.24, 2.45) is 5.92 Å². The lowest BCUT2D eigenvalue weighted by molar-refractivity contribution is -0.154. The Hall–Kier alpha value is -2.19. The predicted octanol–water partition coefficient (Wildman–Crippen LogP) is 1.96. The number of rotatable bonds is 7. The lowest BCUT2D eigenvalue weighted by Crippen LogP contribution is -2.55. The third-order valence-electron chi connectivity index (χ3n) is 4.84. The highest BCUT2D eigenvalue weighted by Crippen LogP contribution is 2.35. The van der Waals surface area contributed by atoms with Crippen molar-refractivity contribution >= 4 is 17.8 Å². The van der Waals surface area contributed by atoms with Crippen LogP contribution in [0.25, 0.3) is 0 Å². The first-order chi connectivity index (χ1) is 13.1. The molecular weight excluding hydrogens is 366 g/mol. The Bertz CT molecular complexity index is 680. The molecule has 0 aliphatic carbocycles. The highest BCUT2D eigenvalue weighted by Gasteiger charge is 2.54. The van der Waals surface area contributed by atoms with Crippen molar-refractivity contribution in [3.63, 3.8) is 0 Å². The number of ether oxygens (including phenoxy) is 3. The van der Waals surface area contributed by atoms with Gasteiger partial charge in [0.25, 0.3) is 5.91 Å². The molecule has 0 aromatic rings. The van der Waals surface area contributed by atoms with Gasteiger partial charge >= 0.3 is 6.09 Å². The van der Waals surface area contributed by atoms with Gasteiger partial charge in [0.1, 0.15) is 11.4 Å². The van der Waals surface area contributed by atoms with E-state index in [-0.39, 0.29) is 12.5 Å². The molecule has 2 rings (SSSR count). The maximum Gasteiger partial charge on any atom is 0.417 e. The van der Waals surface area contributed by atoms with Crippen molar-refractivity contribution in [1.29, 1.82) is 0 Å². The molecule has 0 bridgehead atoms. The molecule has 0 saturated carbocycles. The monoisotopic (exact) mass is 395 g/mol. The fourth-order valence-corrected chi connectivity index (χ4v) is 3.74. The maximum atomic E-state index is 13.2. The van der Waals surface area contributed by atoms with Gasteiger partial charge in [-0.05, 0) is 50.8 Å². The molecule has 1 saturated heterocycles. The minimum Gasteiger partial charge on any atom is -0.479 e. The van der Waals surface area contributed by atoms with E-state index < -0.39 is 41.6 Å². The summed E-state index contributed by atoms with van der Waals surface area (Å²) in [6.07, 6.45) is 2.43. The lowest BCUT2D eigenvalue weighted by Gasteiger charge is -2.34. The van der Waals surface area contributed by atoms with E-state index in [0.29, 0.717) is 18.6 Å². The summed E-state index contributed by atoms with van der Waals surface area (Å²) >= 11 is 0. The number of aliphatic hydroxyl groups is 1. The Labute approximate surface area is 165 Å². The van der Waals surface area contributed by atoms with Gasteiger partial charge in [-0.1, -0.05) is 13.8 Å². The van der Waals surface area contributed by atoms with E-state index in [2.05, 4.69) is 0 Å². The average molecular weight is 395 g/mol. The van der Waals surface area contributed by atoms with E-state index in [9.17, 15) is 14.4 Å². The summed E-state index contributed by atoms with van der Waals surface area (Å²) in [7, 11) is 1.30. The molecule has 0 unspecified atom stereocenters. The molecule has 1 fully saturated rings. The van der Waals surface area contributed by atoms with Crippen LogP contribution in [0.4, 0.5) is 4.79 Å². The van der Waals surface area contributed by atoms with Gasteiger partial charge in [-0.3, -0.25) is 9.59 Å². The number of hydrogen-bond acceptors (Lipinski definition) is 7. The Kier molecular flexibility index (Phi) is 7.01. The van der Waals surface area contributed by atoms with E-state index in [4.69, 9.17) is 19.3 Å². The first kappa shape index (κ1) is 22.1. The van der Waals surface area contributed by atoms with Crippen LogP contribution in [-0.4, -0.2) is 65.4 Å². The molecule has 8 heteroatoms. The van der Waals surface area contributed by atoms with Crippen LogP contribution < -0.4 is 0 Å². The Morgan fingerprint density at radius 2 is 2.04 bits per heavy atom. The summed E-state index contributed by atoms with van der Waals surface area (Å²) in [4.78, 5) is 39.0. The number of imide groups is 1. The predicted molar refractivity (Wildman–Crippen MR) is 100 cm³/mol. The number of amides is 2. The second-order valence-corrected chi connectivity index (χ2v) is 7.77. The zero-order chi connectivity index (χ0) is 21.1. The molecule has 1 N–H and O–H groups in total. The van der Waals surface area contributed by atoms with Gasteiger partial charge in [-0.2, -0.15) is 0 Å². The molecule has 3 atom stereocenters. The first-order valence-electron chi connectivity index (χ1n) is 9.42. The van der Waals surface area contributed by atoms with E-state index in [1.807, 2.05) is 13.8 Å². The SMILES string of the molecule is CO[C@@H](C(=O)N1C(=O)OC(C)(C)[C@H]1C(C)C)[C@H]1OC(=CCCCO)C=CC1=O. The van der Waals surface area contributed by atoms with Crippen molar-refractivity contribution in [2.75, 3.05) is 13.7 Å². The van der Waals surface area contributed by atoms with Crippen LogP contribution in [0.5, 0.6) is 0 Å². The Morgan fingerprint density at radius 3 is 2.61 bits per heavy atom. The van der Waals surface area contributed by atoms with Crippen LogP contribution >= 0.6 is 0 Å². The molecule has 2 amide bonds. The van der Waals surface area contributed by atoms with Crippen molar-refractivity contribution in [3.05, 3.63) is 24.0 Å². The van der Waals surface area contributed by atoms with Crippen LogP contribution in [0.1, 0.15) is 40.5 Å². The fraction of sp³-hybridized carbons (Fsp3) is 0.650. The molecule has 0 aromatic carbocycles. The van der Waals surface area contributed by atoms with Gasteiger partial charge in [-0.25, -0.2) is 9.69 Å². The van der Waals surface area contributed by atoms with Gasteiger partial charge in [0, 0.05) is 13.7 Å². The number of carbonyl (C=O) groups is 3. The second-order valence-electron chi connectivity index (χ2n) is 7.77. The molecule has 2 heterocycles. The van der Waals surface area contributed by atoms with Crippen LogP contribution in [0, 0.1) is 5.92 Å². The molecule has 2 aliphatic heterocycles. The number of nitrogens with zero attached hydrogens (tertiary/aromatic N) is 1. The zero-order valence-electron chi connectivity index (χ0n) is 17.0. The number of methoxy groups -OCH3 is 1. The topological polar surface area (TPSA) is 102 Å². The number of aliphatic hydroxyl groups excluding tert-OH is 1. The number of ketones is 1. The number of cyclic esters (lactones) is 1. The van der Waals surface area contributed by atoms with E-state index in [0.717, 1.165) is 4.90 Å². The summed E-state index contributed by atoms with van der Waals surface area (Å²) in [6, 6.07) is -0.501. The number of unbranched alkanes of at least 4 members (excludes halogenated alkanes) is 1. The molecule has 2 aliphatic rings. The van der Waals surface area contributed by atoms with Crippen LogP contribution in [0.3, 0.4) is 0 Å². The fourth-order valence-electron chi connectivity index (χ4n) is 3.74. The van der Waals surface area contributed by atoms with Crippen molar-refractivity contribution < 1.29 is 33.7 Å². The largest absolute Gasteiger partial charge is 0.479 e. The standard InChI is InChI=1S/C20H29NO7/c1-12(2)17-20(3,4)28-19(25)21(17)18(24)16(26-5)15-14(23)10-9-13(27-15)8-6-7-11-22/h8-10,12,15-17,22H,6-7,11H2,1-5H3/t15-,16+,17+/m0/s1. The smallest absolute Gasteiger partial charge is 0.417 e. The van der Waals surface area contributed by atoms with Crippen molar-refractivity contribution in [3.8, 4) is 0 Å². The minimum atomic E-state index is -1.29. The van der Waals surface area contributed by atoms with Crippen molar-refractivity contribution in [2.45, 2.75) is 64.4 Å². The summed E-state index contributed by atoms with van der Waals surface area (Å²) in [5.74, 6) is -0.732.